The van der Waals surface area contributed by atoms with Gasteiger partial charge >= 0.3 is 0 Å². The molecule has 1 aromatic carbocycles. The molecule has 0 radical (unpaired) electrons. The molecule has 0 saturated heterocycles. The maximum absolute atomic E-state index is 2.26. The lowest BCUT2D eigenvalue weighted by Crippen LogP contribution is -2.13. The Hall–Kier alpha value is -0.860. The molecule has 2 heteroatoms. The van der Waals surface area contributed by atoms with Gasteiger partial charge in [0.15, 0.2) is 0 Å². The number of fused-ring (bicyclic) bond motifs is 1. The van der Waals surface area contributed by atoms with E-state index in [4.69, 9.17) is 0 Å². The Kier molecular flexibility index (Phi) is 3.39. The van der Waals surface area contributed by atoms with Crippen molar-refractivity contribution in [2.75, 3.05) is 20.6 Å². The fourth-order valence-corrected chi connectivity index (χ4v) is 2.78. The summed E-state index contributed by atoms with van der Waals surface area (Å²) in [5.74, 6) is 0. The first kappa shape index (κ1) is 10.7. The van der Waals surface area contributed by atoms with Crippen molar-refractivity contribution >= 4 is 21.4 Å². The molecule has 0 unspecified atom stereocenters. The third-order valence-corrected chi connectivity index (χ3v) is 3.62. The SMILES string of the molecule is CN(C)CCCc1cccc2ccsc12. The summed E-state index contributed by atoms with van der Waals surface area (Å²) >= 11 is 1.86. The van der Waals surface area contributed by atoms with Crippen molar-refractivity contribution < 1.29 is 0 Å². The van der Waals surface area contributed by atoms with Crippen LogP contribution in [-0.2, 0) is 6.42 Å². The molecule has 0 amide bonds. The summed E-state index contributed by atoms with van der Waals surface area (Å²) in [6.45, 7) is 1.17. The summed E-state index contributed by atoms with van der Waals surface area (Å²) in [5, 5.41) is 3.57. The zero-order valence-electron chi connectivity index (χ0n) is 9.36. The number of nitrogens with zero attached hydrogens (tertiary/aromatic N) is 1. The van der Waals surface area contributed by atoms with Crippen LogP contribution < -0.4 is 0 Å². The van der Waals surface area contributed by atoms with E-state index in [2.05, 4.69) is 48.6 Å². The second-order valence-electron chi connectivity index (χ2n) is 4.16. The first-order valence-corrected chi connectivity index (χ1v) is 6.25. The molecule has 0 saturated carbocycles. The number of benzene rings is 1. The van der Waals surface area contributed by atoms with Crippen LogP contribution in [-0.4, -0.2) is 25.5 Å². The first-order chi connectivity index (χ1) is 7.27. The minimum Gasteiger partial charge on any atom is -0.309 e. The Morgan fingerprint density at radius 2 is 2.07 bits per heavy atom. The second kappa shape index (κ2) is 4.77. The molecule has 0 aliphatic heterocycles. The number of thiophene rings is 1. The van der Waals surface area contributed by atoms with Gasteiger partial charge in [-0.3, -0.25) is 0 Å². The van der Waals surface area contributed by atoms with Crippen LogP contribution in [0.15, 0.2) is 29.6 Å². The minimum absolute atomic E-state index is 1.17. The molecule has 80 valence electrons. The average Bonchev–Trinajstić information content (AvgIpc) is 2.65. The zero-order chi connectivity index (χ0) is 10.7. The maximum Gasteiger partial charge on any atom is 0.0374 e. The molecule has 15 heavy (non-hydrogen) atoms. The van der Waals surface area contributed by atoms with E-state index in [1.54, 1.807) is 0 Å². The quantitative estimate of drug-likeness (QED) is 0.762. The van der Waals surface area contributed by atoms with Crippen molar-refractivity contribution in [1.82, 2.24) is 4.90 Å². The first-order valence-electron chi connectivity index (χ1n) is 5.37. The highest BCUT2D eigenvalue weighted by Crippen LogP contribution is 2.25. The fraction of sp³-hybridized carbons (Fsp3) is 0.385. The van der Waals surface area contributed by atoms with Gasteiger partial charge in [-0.15, -0.1) is 11.3 Å². The highest BCUT2D eigenvalue weighted by atomic mass is 32.1. The van der Waals surface area contributed by atoms with Crippen molar-refractivity contribution in [2.45, 2.75) is 12.8 Å². The lowest BCUT2D eigenvalue weighted by atomic mass is 10.1. The van der Waals surface area contributed by atoms with Gasteiger partial charge < -0.3 is 4.90 Å². The molecule has 0 aliphatic rings. The highest BCUT2D eigenvalue weighted by Gasteiger charge is 2.01. The monoisotopic (exact) mass is 219 g/mol. The van der Waals surface area contributed by atoms with Crippen LogP contribution in [0.1, 0.15) is 12.0 Å². The Balaban J connectivity index is 2.10. The van der Waals surface area contributed by atoms with Crippen LogP contribution in [0.25, 0.3) is 10.1 Å². The standard InChI is InChI=1S/C13H17NS/c1-14(2)9-4-7-11-5-3-6-12-8-10-15-13(11)12/h3,5-6,8,10H,4,7,9H2,1-2H3. The third-order valence-electron chi connectivity index (χ3n) is 2.61. The molecule has 1 nitrogen and oxygen atoms in total. The van der Waals surface area contributed by atoms with Gasteiger partial charge in [-0.1, -0.05) is 18.2 Å². The van der Waals surface area contributed by atoms with Crippen LogP contribution in [0, 0.1) is 0 Å². The Morgan fingerprint density at radius 1 is 1.20 bits per heavy atom. The zero-order valence-corrected chi connectivity index (χ0v) is 10.2. The summed E-state index contributed by atoms with van der Waals surface area (Å²) < 4.78 is 1.47. The molecule has 0 spiro atoms. The van der Waals surface area contributed by atoms with Crippen LogP contribution >= 0.6 is 11.3 Å². The van der Waals surface area contributed by atoms with E-state index < -0.39 is 0 Å². The van der Waals surface area contributed by atoms with E-state index >= 15 is 0 Å². The lowest BCUT2D eigenvalue weighted by Gasteiger charge is -2.09. The third kappa shape index (κ3) is 2.58. The average molecular weight is 219 g/mol. The molecule has 2 rings (SSSR count). The number of hydrogen-bond donors (Lipinski definition) is 0. The molecule has 0 atom stereocenters. The molecule has 1 heterocycles. The van der Waals surface area contributed by atoms with E-state index in [-0.39, 0.29) is 0 Å². The van der Waals surface area contributed by atoms with E-state index in [0.717, 1.165) is 0 Å². The predicted molar refractivity (Wildman–Crippen MR) is 68.7 cm³/mol. The van der Waals surface area contributed by atoms with Crippen LogP contribution in [0.4, 0.5) is 0 Å². The summed E-state index contributed by atoms with van der Waals surface area (Å²) in [6.07, 6.45) is 2.43. The van der Waals surface area contributed by atoms with E-state index in [1.807, 2.05) is 11.3 Å². The molecule has 0 N–H and O–H groups in total. The summed E-state index contributed by atoms with van der Waals surface area (Å²) in [6, 6.07) is 8.82. The van der Waals surface area contributed by atoms with Crippen molar-refractivity contribution in [1.29, 1.82) is 0 Å². The Morgan fingerprint density at radius 3 is 2.87 bits per heavy atom. The Bertz CT molecular complexity index is 431. The van der Waals surface area contributed by atoms with Crippen LogP contribution in [0.2, 0.25) is 0 Å². The second-order valence-corrected chi connectivity index (χ2v) is 5.08. The topological polar surface area (TPSA) is 3.24 Å². The van der Waals surface area contributed by atoms with Gasteiger partial charge in [-0.25, -0.2) is 0 Å². The van der Waals surface area contributed by atoms with E-state index in [1.165, 1.54) is 35.0 Å². The molecule has 0 bridgehead atoms. The largest absolute Gasteiger partial charge is 0.309 e. The number of rotatable bonds is 4. The van der Waals surface area contributed by atoms with Crippen molar-refractivity contribution in [3.05, 3.63) is 35.2 Å². The molecule has 1 aromatic heterocycles. The summed E-state index contributed by atoms with van der Waals surface area (Å²) in [7, 11) is 4.26. The Labute approximate surface area is 95.3 Å². The lowest BCUT2D eigenvalue weighted by molar-refractivity contribution is 0.400. The molecular weight excluding hydrogens is 202 g/mol. The van der Waals surface area contributed by atoms with Gasteiger partial charge in [-0.2, -0.15) is 0 Å². The number of hydrogen-bond acceptors (Lipinski definition) is 2. The van der Waals surface area contributed by atoms with Gasteiger partial charge in [0.1, 0.15) is 0 Å². The van der Waals surface area contributed by atoms with Crippen LogP contribution in [0.3, 0.4) is 0 Å². The predicted octanol–water partition coefficient (Wildman–Crippen LogP) is 3.40. The molecule has 0 fully saturated rings. The number of aryl methyl sites for hydroxylation is 1. The van der Waals surface area contributed by atoms with Gasteiger partial charge in [-0.05, 0) is 55.9 Å². The summed E-state index contributed by atoms with van der Waals surface area (Å²) in [5.41, 5.74) is 1.50. The normalized spacial score (nSPS) is 11.4. The van der Waals surface area contributed by atoms with Crippen molar-refractivity contribution in [3.8, 4) is 0 Å². The van der Waals surface area contributed by atoms with E-state index in [0.29, 0.717) is 0 Å². The van der Waals surface area contributed by atoms with Gasteiger partial charge in [0.2, 0.25) is 0 Å². The smallest absolute Gasteiger partial charge is 0.0374 e. The molecular formula is C13H17NS. The summed E-state index contributed by atoms with van der Waals surface area (Å²) in [4.78, 5) is 2.24. The van der Waals surface area contributed by atoms with Crippen molar-refractivity contribution in [2.24, 2.45) is 0 Å². The molecule has 2 aromatic rings. The van der Waals surface area contributed by atoms with Gasteiger partial charge in [0.25, 0.3) is 0 Å². The van der Waals surface area contributed by atoms with Gasteiger partial charge in [0, 0.05) is 4.70 Å². The fourth-order valence-electron chi connectivity index (χ4n) is 1.84. The highest BCUT2D eigenvalue weighted by molar-refractivity contribution is 7.17. The van der Waals surface area contributed by atoms with E-state index in [9.17, 15) is 0 Å². The minimum atomic E-state index is 1.17. The maximum atomic E-state index is 2.26. The van der Waals surface area contributed by atoms with Gasteiger partial charge in [0.05, 0.1) is 0 Å². The van der Waals surface area contributed by atoms with Crippen molar-refractivity contribution in [3.63, 3.8) is 0 Å². The van der Waals surface area contributed by atoms with Crippen LogP contribution in [0.5, 0.6) is 0 Å². The molecule has 0 aliphatic carbocycles.